The van der Waals surface area contributed by atoms with Crippen LogP contribution in [0.15, 0.2) is 12.1 Å². The number of hydrogen-bond donors (Lipinski definition) is 2. The summed E-state index contributed by atoms with van der Waals surface area (Å²) in [5.41, 5.74) is 1.69. The number of rotatable bonds is 6. The predicted molar refractivity (Wildman–Crippen MR) is 81.8 cm³/mol. The van der Waals surface area contributed by atoms with Crippen LogP contribution in [-0.2, 0) is 6.54 Å². The van der Waals surface area contributed by atoms with Crippen molar-refractivity contribution in [2.24, 2.45) is 5.92 Å². The lowest BCUT2D eigenvalue weighted by Crippen LogP contribution is -2.34. The van der Waals surface area contributed by atoms with Crippen LogP contribution >= 0.6 is 0 Å². The summed E-state index contributed by atoms with van der Waals surface area (Å²) in [5.74, 6) is 1.19. The Kier molecular flexibility index (Phi) is 5.80. The molecular formula is C16H27N3O. The minimum Gasteiger partial charge on any atom is -0.506 e. The lowest BCUT2D eigenvalue weighted by Gasteiger charge is -2.30. The molecule has 0 saturated carbocycles. The molecule has 0 aromatic carbocycles. The minimum absolute atomic E-state index is 0.285. The van der Waals surface area contributed by atoms with Crippen molar-refractivity contribution in [3.05, 3.63) is 23.5 Å². The zero-order valence-corrected chi connectivity index (χ0v) is 12.7. The van der Waals surface area contributed by atoms with Gasteiger partial charge in [-0.15, -0.1) is 0 Å². The molecule has 0 atom stereocenters. The summed E-state index contributed by atoms with van der Waals surface area (Å²) >= 11 is 0. The SMILES string of the molecule is Cc1ccc(O)c(CNCCCN2CCC(C)CC2)n1. The second-order valence-corrected chi connectivity index (χ2v) is 5.97. The van der Waals surface area contributed by atoms with Crippen LogP contribution < -0.4 is 5.32 Å². The third kappa shape index (κ3) is 4.76. The molecular weight excluding hydrogens is 250 g/mol. The summed E-state index contributed by atoms with van der Waals surface area (Å²) in [7, 11) is 0. The summed E-state index contributed by atoms with van der Waals surface area (Å²) in [6.45, 7) is 9.59. The van der Waals surface area contributed by atoms with Crippen LogP contribution in [0.3, 0.4) is 0 Å². The second kappa shape index (κ2) is 7.60. The third-order valence-corrected chi connectivity index (χ3v) is 4.09. The highest BCUT2D eigenvalue weighted by molar-refractivity contribution is 5.27. The number of aromatic nitrogens is 1. The highest BCUT2D eigenvalue weighted by Gasteiger charge is 2.14. The monoisotopic (exact) mass is 277 g/mol. The molecule has 1 saturated heterocycles. The molecule has 0 radical (unpaired) electrons. The topological polar surface area (TPSA) is 48.4 Å². The average Bonchev–Trinajstić information content (AvgIpc) is 2.44. The molecule has 0 aliphatic carbocycles. The fourth-order valence-corrected chi connectivity index (χ4v) is 2.65. The van der Waals surface area contributed by atoms with Crippen LogP contribution in [0.4, 0.5) is 0 Å². The summed E-state index contributed by atoms with van der Waals surface area (Å²) < 4.78 is 0. The summed E-state index contributed by atoms with van der Waals surface area (Å²) in [5, 5.41) is 13.1. The number of pyridine rings is 1. The predicted octanol–water partition coefficient (Wildman–Crippen LogP) is 2.31. The number of hydrogen-bond acceptors (Lipinski definition) is 4. The van der Waals surface area contributed by atoms with Crippen molar-refractivity contribution < 1.29 is 5.11 Å². The average molecular weight is 277 g/mol. The quantitative estimate of drug-likeness (QED) is 0.783. The Labute approximate surface area is 122 Å². The number of aromatic hydroxyl groups is 1. The molecule has 2 rings (SSSR count). The molecule has 0 amide bonds. The van der Waals surface area contributed by atoms with Crippen LogP contribution in [0.25, 0.3) is 0 Å². The van der Waals surface area contributed by atoms with Crippen LogP contribution in [0, 0.1) is 12.8 Å². The molecule has 1 fully saturated rings. The van der Waals surface area contributed by atoms with E-state index in [0.717, 1.165) is 30.3 Å². The minimum atomic E-state index is 0.285. The summed E-state index contributed by atoms with van der Waals surface area (Å²) in [6, 6.07) is 3.55. The van der Waals surface area contributed by atoms with E-state index in [1.807, 2.05) is 13.0 Å². The normalized spacial score (nSPS) is 17.5. The maximum Gasteiger partial charge on any atom is 0.138 e. The third-order valence-electron chi connectivity index (χ3n) is 4.09. The Morgan fingerprint density at radius 1 is 1.35 bits per heavy atom. The van der Waals surface area contributed by atoms with Gasteiger partial charge >= 0.3 is 0 Å². The Morgan fingerprint density at radius 2 is 2.10 bits per heavy atom. The Morgan fingerprint density at radius 3 is 2.85 bits per heavy atom. The van der Waals surface area contributed by atoms with E-state index in [-0.39, 0.29) is 5.75 Å². The molecule has 1 aromatic heterocycles. The molecule has 4 nitrogen and oxygen atoms in total. The zero-order valence-electron chi connectivity index (χ0n) is 12.7. The van der Waals surface area contributed by atoms with Gasteiger partial charge in [0.2, 0.25) is 0 Å². The summed E-state index contributed by atoms with van der Waals surface area (Å²) in [4.78, 5) is 6.91. The second-order valence-electron chi connectivity index (χ2n) is 5.97. The molecule has 0 unspecified atom stereocenters. The number of aryl methyl sites for hydroxylation is 1. The van der Waals surface area contributed by atoms with Gasteiger partial charge in [0.1, 0.15) is 5.75 Å². The van der Waals surface area contributed by atoms with Gasteiger partial charge in [-0.3, -0.25) is 4.98 Å². The fraction of sp³-hybridized carbons (Fsp3) is 0.688. The van der Waals surface area contributed by atoms with E-state index in [4.69, 9.17) is 0 Å². The van der Waals surface area contributed by atoms with Crippen LogP contribution in [-0.4, -0.2) is 41.2 Å². The van der Waals surface area contributed by atoms with Crippen LogP contribution in [0.2, 0.25) is 0 Å². The Balaban J connectivity index is 1.61. The highest BCUT2D eigenvalue weighted by atomic mass is 16.3. The van der Waals surface area contributed by atoms with Crippen molar-refractivity contribution in [3.63, 3.8) is 0 Å². The standard InChI is InChI=1S/C16H27N3O/c1-13-6-10-19(11-7-13)9-3-8-17-12-15-16(20)5-4-14(2)18-15/h4-5,13,17,20H,3,6-12H2,1-2H3. The molecule has 4 heteroatoms. The fourth-order valence-electron chi connectivity index (χ4n) is 2.65. The van der Waals surface area contributed by atoms with Gasteiger partial charge in [0, 0.05) is 12.2 Å². The molecule has 2 heterocycles. The number of nitrogens with one attached hydrogen (secondary N) is 1. The van der Waals surface area contributed by atoms with E-state index in [9.17, 15) is 5.11 Å². The van der Waals surface area contributed by atoms with Gasteiger partial charge in [0.25, 0.3) is 0 Å². The van der Waals surface area contributed by atoms with Gasteiger partial charge in [-0.05, 0) is 70.4 Å². The maximum absolute atomic E-state index is 9.71. The van der Waals surface area contributed by atoms with Crippen molar-refractivity contribution >= 4 is 0 Å². The zero-order chi connectivity index (χ0) is 14.4. The molecule has 1 aliphatic rings. The van der Waals surface area contributed by atoms with Gasteiger partial charge in [0.05, 0.1) is 5.69 Å². The number of nitrogens with zero attached hydrogens (tertiary/aromatic N) is 2. The largest absolute Gasteiger partial charge is 0.506 e. The van der Waals surface area contributed by atoms with E-state index in [1.165, 1.54) is 32.5 Å². The first kappa shape index (κ1) is 15.3. The van der Waals surface area contributed by atoms with Crippen molar-refractivity contribution in [2.75, 3.05) is 26.2 Å². The summed E-state index contributed by atoms with van der Waals surface area (Å²) in [6.07, 6.45) is 3.84. The van der Waals surface area contributed by atoms with E-state index < -0.39 is 0 Å². The van der Waals surface area contributed by atoms with E-state index in [0.29, 0.717) is 6.54 Å². The molecule has 0 bridgehead atoms. The van der Waals surface area contributed by atoms with Crippen molar-refractivity contribution in [3.8, 4) is 5.75 Å². The van der Waals surface area contributed by atoms with Crippen LogP contribution in [0.1, 0.15) is 37.6 Å². The maximum atomic E-state index is 9.71. The molecule has 20 heavy (non-hydrogen) atoms. The smallest absolute Gasteiger partial charge is 0.138 e. The molecule has 112 valence electrons. The first-order valence-electron chi connectivity index (χ1n) is 7.73. The molecule has 1 aromatic rings. The first-order chi connectivity index (χ1) is 9.65. The van der Waals surface area contributed by atoms with Crippen LogP contribution in [0.5, 0.6) is 5.75 Å². The molecule has 2 N–H and O–H groups in total. The van der Waals surface area contributed by atoms with Gasteiger partial charge in [0.15, 0.2) is 0 Å². The van der Waals surface area contributed by atoms with Gasteiger partial charge in [-0.1, -0.05) is 6.92 Å². The van der Waals surface area contributed by atoms with Crippen molar-refractivity contribution in [1.29, 1.82) is 0 Å². The lowest BCUT2D eigenvalue weighted by molar-refractivity contribution is 0.190. The van der Waals surface area contributed by atoms with Gasteiger partial charge in [-0.2, -0.15) is 0 Å². The Bertz CT molecular complexity index is 414. The molecule has 1 aliphatic heterocycles. The van der Waals surface area contributed by atoms with Gasteiger partial charge < -0.3 is 15.3 Å². The van der Waals surface area contributed by atoms with E-state index in [1.54, 1.807) is 6.07 Å². The first-order valence-corrected chi connectivity index (χ1v) is 7.73. The lowest BCUT2D eigenvalue weighted by atomic mass is 9.99. The number of likely N-dealkylation sites (tertiary alicyclic amines) is 1. The highest BCUT2D eigenvalue weighted by Crippen LogP contribution is 2.16. The van der Waals surface area contributed by atoms with E-state index >= 15 is 0 Å². The van der Waals surface area contributed by atoms with Crippen molar-refractivity contribution in [1.82, 2.24) is 15.2 Å². The van der Waals surface area contributed by atoms with Crippen molar-refractivity contribution in [2.45, 2.75) is 39.7 Å². The van der Waals surface area contributed by atoms with E-state index in [2.05, 4.69) is 22.1 Å². The number of piperidine rings is 1. The molecule has 0 spiro atoms. The Hall–Kier alpha value is -1.13. The van der Waals surface area contributed by atoms with Gasteiger partial charge in [-0.25, -0.2) is 0 Å².